The third kappa shape index (κ3) is 30.2. The number of carbonyl (C=O) groups is 2. The summed E-state index contributed by atoms with van der Waals surface area (Å²) in [5.74, 6) is 0.998. The fourth-order valence-electron chi connectivity index (χ4n) is 9.26. The van der Waals surface area contributed by atoms with E-state index in [0.717, 1.165) is 62.6 Å². The number of amides is 1. The molecule has 510 valence electrons. The van der Waals surface area contributed by atoms with Gasteiger partial charge in [0.05, 0.1) is 101 Å². The summed E-state index contributed by atoms with van der Waals surface area (Å²) >= 11 is 0. The zero-order valence-corrected chi connectivity index (χ0v) is 56.6. The van der Waals surface area contributed by atoms with E-state index >= 15 is 0 Å². The summed E-state index contributed by atoms with van der Waals surface area (Å²) in [5.41, 5.74) is 10.1. The first-order valence-electron chi connectivity index (χ1n) is 30.7. The number of benzene rings is 1. The number of nitroso groups, excluding NO2 is 1. The van der Waals surface area contributed by atoms with Crippen LogP contribution in [0, 0.1) is 22.2 Å². The van der Waals surface area contributed by atoms with Crippen LogP contribution in [-0.2, 0) is 46.4 Å². The first-order chi connectivity index (χ1) is 43.3. The second-order valence-corrected chi connectivity index (χ2v) is 22.4. The molecule has 1 amide bonds. The summed E-state index contributed by atoms with van der Waals surface area (Å²) in [6, 6.07) is 8.96. The zero-order chi connectivity index (χ0) is 67.4. The Bertz CT molecular complexity index is 2640. The number of pyridine rings is 1. The van der Waals surface area contributed by atoms with Crippen molar-refractivity contribution in [2.45, 2.75) is 157 Å². The van der Waals surface area contributed by atoms with Gasteiger partial charge >= 0.3 is 8.60 Å². The molecule has 0 bridgehead atoms. The van der Waals surface area contributed by atoms with Crippen LogP contribution in [0.2, 0.25) is 0 Å². The molecule has 1 aliphatic rings. The minimum atomic E-state index is -2.62. The lowest BCUT2D eigenvalue weighted by molar-refractivity contribution is -0.122. The van der Waals surface area contributed by atoms with E-state index in [1.54, 1.807) is 45.0 Å². The highest BCUT2D eigenvalue weighted by Crippen LogP contribution is 2.52. The first-order valence-corrected chi connectivity index (χ1v) is 33.2. The van der Waals surface area contributed by atoms with Gasteiger partial charge in [-0.1, -0.05) is 74.5 Å². The molecule has 1 aromatic carbocycles. The largest absolute Gasteiger partial charge is 0.496 e. The van der Waals surface area contributed by atoms with Crippen LogP contribution >= 0.6 is 17.0 Å². The molecule has 4 aromatic rings. The maximum absolute atomic E-state index is 12.7. The Hall–Kier alpha value is -5.71. The van der Waals surface area contributed by atoms with Crippen molar-refractivity contribution >= 4 is 64.3 Å². The van der Waals surface area contributed by atoms with Crippen LogP contribution in [-0.4, -0.2) is 194 Å². The minimum Gasteiger partial charge on any atom is -0.496 e. The third-order valence-electron chi connectivity index (χ3n) is 14.0. The second kappa shape index (κ2) is 48.1. The van der Waals surface area contributed by atoms with Gasteiger partial charge in [-0.2, -0.15) is 0 Å². The van der Waals surface area contributed by atoms with Crippen molar-refractivity contribution in [1.29, 1.82) is 5.41 Å². The third-order valence-corrected chi connectivity index (χ3v) is 15.6. The van der Waals surface area contributed by atoms with Crippen LogP contribution in [0.5, 0.6) is 11.5 Å². The lowest BCUT2D eigenvalue weighted by Crippen LogP contribution is -2.49. The Morgan fingerprint density at radius 2 is 1.56 bits per heavy atom. The SMILES string of the molecule is CC.CC.CC(C)C1CCC(N(C)N=O)O1.CCCN(CCC)c1ccc(/C=C(\C=O)c2cn3ccc(OCCOCCOCCOCCOCc4cn(CCCC(=O)NC(CO)CC(CC)(C(C)C(N)=NC=N)P(O)O)nn4)cc3n2)c(OC)c1.OP(O)O. The summed E-state index contributed by atoms with van der Waals surface area (Å²) < 4.78 is 43.2. The van der Waals surface area contributed by atoms with Crippen LogP contribution in [0.3, 0.4) is 0 Å². The maximum atomic E-state index is 12.7. The van der Waals surface area contributed by atoms with Gasteiger partial charge in [-0.05, 0) is 75.1 Å². The van der Waals surface area contributed by atoms with Crippen molar-refractivity contribution in [2.75, 3.05) is 91.6 Å². The molecule has 0 spiro atoms. The van der Waals surface area contributed by atoms with Gasteiger partial charge in [0.2, 0.25) is 5.91 Å². The predicted molar refractivity (Wildman–Crippen MR) is 352 cm³/mol. The van der Waals surface area contributed by atoms with E-state index in [4.69, 9.17) is 64.0 Å². The van der Waals surface area contributed by atoms with Gasteiger partial charge in [-0.25, -0.2) is 15.0 Å². The number of nitrogens with one attached hydrogen (secondary N) is 2. The molecule has 3 aromatic heterocycles. The Kier molecular flexibility index (Phi) is 44.0. The number of aromatic nitrogens is 5. The first kappa shape index (κ1) is 82.3. The number of aryl methyl sites for hydroxylation is 1. The standard InChI is InChI=1S/C48H73N10O11P.C8H16N2O2.2C2H6.H3O3P/c1-6-14-56(15-7-2)41-12-11-37(44(27-41)64-5)26-38(32-59)43-31-57-17-13-42(28-45(57)53-43)69-25-24-67-21-20-65-18-19-66-22-23-68-34-40-30-58(55-54-40)16-9-10-46(61)52-39(33-60)29-48(8-3,70(62)63)36(4)47(50)51-35-49;1-6(2)7-4-5-8(12-7)10(3)9-11;2*1-2;1-4(2)3/h11-13,17,26-28,30-32,35-36,39,60,62-63H,6-10,14-16,18-25,29,33-34H2,1-5H3,(H,52,61)(H3,49,50,51);6-8H,4-5H2,1-3H3;2*1-2H3;1-3H/b38-26+;;;;. The number of allylic oxidation sites excluding steroid dienone is 1. The highest BCUT2D eigenvalue weighted by molar-refractivity contribution is 7.47. The predicted octanol–water partition coefficient (Wildman–Crippen LogP) is 7.64. The van der Waals surface area contributed by atoms with Gasteiger partial charge in [0, 0.05) is 80.4 Å². The molecule has 30 heteroatoms. The average molecular weight is 1310 g/mol. The smallest absolute Gasteiger partial charge is 0.324 e. The second-order valence-electron chi connectivity index (χ2n) is 20.4. The van der Waals surface area contributed by atoms with Crippen molar-refractivity contribution in [3.63, 3.8) is 0 Å². The number of aliphatic hydroxyl groups is 1. The molecule has 10 N–H and O–H groups in total. The lowest BCUT2D eigenvalue weighted by atomic mass is 9.84. The van der Waals surface area contributed by atoms with Gasteiger partial charge in [0.25, 0.3) is 0 Å². The van der Waals surface area contributed by atoms with Gasteiger partial charge in [0.1, 0.15) is 47.8 Å². The number of rotatable bonds is 40. The molecule has 1 fully saturated rings. The van der Waals surface area contributed by atoms with Gasteiger partial charge in [-0.3, -0.25) is 19.7 Å². The molecular formula is C60H104N12O16P2. The maximum Gasteiger partial charge on any atom is 0.324 e. The Labute approximate surface area is 533 Å². The van der Waals surface area contributed by atoms with Gasteiger partial charge < -0.3 is 83.1 Å². The number of aldehydes is 1. The molecule has 28 nitrogen and oxygen atoms in total. The number of anilines is 1. The summed E-state index contributed by atoms with van der Waals surface area (Å²) in [4.78, 5) is 88.4. The fraction of sp³-hybridized carbons (Fsp3) is 0.650. The van der Waals surface area contributed by atoms with E-state index < -0.39 is 40.7 Å². The van der Waals surface area contributed by atoms with Crippen molar-refractivity contribution in [2.24, 2.45) is 27.8 Å². The number of hydrogen-bond acceptors (Lipinski definition) is 22. The molecule has 1 aliphatic heterocycles. The zero-order valence-electron chi connectivity index (χ0n) is 54.8. The molecule has 5 unspecified atom stereocenters. The number of methoxy groups -OCH3 is 1. The number of hydrogen-bond donors (Lipinski definition) is 9. The Balaban J connectivity index is 0.00000174. The number of ether oxygens (including phenoxy) is 7. The molecule has 0 aliphatic carbocycles. The van der Waals surface area contributed by atoms with Crippen molar-refractivity contribution in [1.82, 2.24) is 34.7 Å². The molecule has 1 saturated heterocycles. The van der Waals surface area contributed by atoms with E-state index in [2.05, 4.69) is 64.6 Å². The number of amidine groups is 1. The number of imidazole rings is 1. The molecule has 5 rings (SSSR count). The average Bonchev–Trinajstić information content (AvgIpc) is 1.20. The summed E-state index contributed by atoms with van der Waals surface area (Å²) in [6.07, 6.45) is 14.0. The van der Waals surface area contributed by atoms with Crippen LogP contribution in [0.25, 0.3) is 17.3 Å². The normalized spacial score (nSPS) is 15.2. The van der Waals surface area contributed by atoms with Crippen LogP contribution in [0.15, 0.2) is 59.2 Å². The summed E-state index contributed by atoms with van der Waals surface area (Å²) in [6.45, 7) is 25.3. The van der Waals surface area contributed by atoms with Crippen LogP contribution in [0.1, 0.15) is 138 Å². The molecule has 0 radical (unpaired) electrons. The van der Waals surface area contributed by atoms with Crippen molar-refractivity contribution < 1.29 is 72.3 Å². The number of nitrogens with two attached hydrogens (primary N) is 1. The van der Waals surface area contributed by atoms with Crippen molar-refractivity contribution in [3.05, 3.63) is 70.8 Å². The van der Waals surface area contributed by atoms with E-state index in [1.807, 2.05) is 68.8 Å². The van der Waals surface area contributed by atoms with E-state index in [-0.39, 0.29) is 37.4 Å². The number of nitrogens with zero attached hydrogens (tertiary/aromatic N) is 9. The summed E-state index contributed by atoms with van der Waals surface area (Å²) in [5, 5.41) is 31.2. The quantitative estimate of drug-likeness (QED) is 0.00302. The van der Waals surface area contributed by atoms with E-state index in [1.165, 1.54) is 5.01 Å². The van der Waals surface area contributed by atoms with E-state index in [0.29, 0.717) is 118 Å². The van der Waals surface area contributed by atoms with Gasteiger partial charge in [0.15, 0.2) is 14.7 Å². The fourth-order valence-corrected chi connectivity index (χ4v) is 10.4. The van der Waals surface area contributed by atoms with Crippen molar-refractivity contribution in [3.8, 4) is 11.5 Å². The number of carbonyl (C=O) groups excluding carboxylic acids is 2. The highest BCUT2D eigenvalue weighted by Gasteiger charge is 2.45. The molecule has 4 heterocycles. The molecule has 90 heavy (non-hydrogen) atoms. The summed E-state index contributed by atoms with van der Waals surface area (Å²) in [7, 11) is -1.85. The molecular weight excluding hydrogens is 1210 g/mol. The van der Waals surface area contributed by atoms with Crippen LogP contribution in [0.4, 0.5) is 5.69 Å². The number of aliphatic imine (C=N–C) groups is 1. The van der Waals surface area contributed by atoms with E-state index in [9.17, 15) is 29.4 Å². The topological polar surface area (TPSA) is 378 Å². The Morgan fingerprint density at radius 1 is 0.933 bits per heavy atom. The highest BCUT2D eigenvalue weighted by atomic mass is 31.2. The monoisotopic (exact) mass is 1310 g/mol. The number of fused-ring (bicyclic) bond motifs is 1. The minimum absolute atomic E-state index is 0.0628. The number of aliphatic hydroxyl groups excluding tert-OH is 1. The Morgan fingerprint density at radius 3 is 2.09 bits per heavy atom. The lowest BCUT2D eigenvalue weighted by Gasteiger charge is -2.40. The van der Waals surface area contributed by atoms with Crippen LogP contribution < -0.4 is 25.4 Å². The van der Waals surface area contributed by atoms with Gasteiger partial charge in [-0.15, -0.1) is 10.0 Å². The molecule has 0 saturated carbocycles. The molecule has 5 atom stereocenters.